The van der Waals surface area contributed by atoms with Crippen molar-refractivity contribution < 1.29 is 5.11 Å². The van der Waals surface area contributed by atoms with E-state index in [0.717, 1.165) is 30.9 Å². The largest absolute Gasteiger partial charge is 0.396 e. The molecule has 0 saturated carbocycles. The molecule has 1 aromatic rings. The summed E-state index contributed by atoms with van der Waals surface area (Å²) in [7, 11) is 0. The lowest BCUT2D eigenvalue weighted by Crippen LogP contribution is -2.35. The second-order valence-electron chi connectivity index (χ2n) is 6.22. The number of hydrogen-bond acceptors (Lipinski definition) is 4. The van der Waals surface area contributed by atoms with Gasteiger partial charge in [-0.3, -0.25) is 0 Å². The SMILES string of the molecule is CCN(CCCO)c1ccc(CNC(C)(C)C)cc1C#N. The lowest BCUT2D eigenvalue weighted by atomic mass is 10.1. The summed E-state index contributed by atoms with van der Waals surface area (Å²) in [6.45, 7) is 11.0. The molecule has 0 bridgehead atoms. The molecule has 0 unspecified atom stereocenters. The van der Waals surface area contributed by atoms with Crippen molar-refractivity contribution >= 4 is 5.69 Å². The summed E-state index contributed by atoms with van der Waals surface area (Å²) in [5, 5.41) is 21.8. The number of aliphatic hydroxyl groups is 1. The Kier molecular flexibility index (Phi) is 6.67. The topological polar surface area (TPSA) is 59.3 Å². The molecule has 116 valence electrons. The summed E-state index contributed by atoms with van der Waals surface area (Å²) in [4.78, 5) is 2.13. The summed E-state index contributed by atoms with van der Waals surface area (Å²) in [6, 6.07) is 8.33. The quantitative estimate of drug-likeness (QED) is 0.810. The Morgan fingerprint density at radius 1 is 1.33 bits per heavy atom. The van der Waals surface area contributed by atoms with Crippen molar-refractivity contribution in [2.24, 2.45) is 0 Å². The Hall–Kier alpha value is -1.57. The summed E-state index contributed by atoms with van der Waals surface area (Å²) >= 11 is 0. The first kappa shape index (κ1) is 17.5. The molecule has 0 saturated heterocycles. The van der Waals surface area contributed by atoms with Crippen LogP contribution in [0.25, 0.3) is 0 Å². The van der Waals surface area contributed by atoms with Crippen LogP contribution < -0.4 is 10.2 Å². The maximum atomic E-state index is 9.39. The first-order chi connectivity index (χ1) is 9.91. The van der Waals surface area contributed by atoms with Gasteiger partial charge in [0, 0.05) is 31.8 Å². The Morgan fingerprint density at radius 3 is 2.57 bits per heavy atom. The van der Waals surface area contributed by atoms with Crippen LogP contribution in [0.15, 0.2) is 18.2 Å². The van der Waals surface area contributed by atoms with Gasteiger partial charge in [0.05, 0.1) is 11.3 Å². The number of anilines is 1. The van der Waals surface area contributed by atoms with E-state index in [0.29, 0.717) is 12.0 Å². The number of nitrogens with zero attached hydrogens (tertiary/aromatic N) is 2. The van der Waals surface area contributed by atoms with E-state index in [2.05, 4.69) is 50.0 Å². The van der Waals surface area contributed by atoms with Crippen molar-refractivity contribution in [3.05, 3.63) is 29.3 Å². The minimum Gasteiger partial charge on any atom is -0.396 e. The highest BCUT2D eigenvalue weighted by molar-refractivity contribution is 5.60. The van der Waals surface area contributed by atoms with Crippen LogP contribution in [0.4, 0.5) is 5.69 Å². The Labute approximate surface area is 128 Å². The second-order valence-corrected chi connectivity index (χ2v) is 6.22. The van der Waals surface area contributed by atoms with Gasteiger partial charge < -0.3 is 15.3 Å². The molecule has 0 fully saturated rings. The smallest absolute Gasteiger partial charge is 0.101 e. The van der Waals surface area contributed by atoms with E-state index in [4.69, 9.17) is 5.11 Å². The Bertz CT molecular complexity index is 486. The van der Waals surface area contributed by atoms with Crippen LogP contribution in [-0.4, -0.2) is 30.3 Å². The molecule has 4 nitrogen and oxygen atoms in total. The van der Waals surface area contributed by atoms with Crippen LogP contribution in [0, 0.1) is 11.3 Å². The van der Waals surface area contributed by atoms with Crippen LogP contribution in [0.5, 0.6) is 0 Å². The van der Waals surface area contributed by atoms with Crippen LogP contribution in [0.3, 0.4) is 0 Å². The Balaban J connectivity index is 2.90. The van der Waals surface area contributed by atoms with E-state index < -0.39 is 0 Å². The molecule has 0 aliphatic carbocycles. The molecule has 21 heavy (non-hydrogen) atoms. The van der Waals surface area contributed by atoms with Crippen LogP contribution in [0.1, 0.15) is 45.2 Å². The number of aliphatic hydroxyl groups excluding tert-OH is 1. The summed E-state index contributed by atoms with van der Waals surface area (Å²) in [5.74, 6) is 0. The third-order valence-electron chi connectivity index (χ3n) is 3.31. The predicted octanol–water partition coefficient (Wildman–Crippen LogP) is 2.66. The Morgan fingerprint density at radius 2 is 2.05 bits per heavy atom. The first-order valence-electron chi connectivity index (χ1n) is 7.55. The molecule has 0 amide bonds. The van der Waals surface area contributed by atoms with Gasteiger partial charge in [0.15, 0.2) is 0 Å². The summed E-state index contributed by atoms with van der Waals surface area (Å²) in [5.41, 5.74) is 2.82. The van der Waals surface area contributed by atoms with Crippen LogP contribution in [0.2, 0.25) is 0 Å². The van der Waals surface area contributed by atoms with Gasteiger partial charge in [-0.15, -0.1) is 0 Å². The molecule has 0 aliphatic rings. The van der Waals surface area contributed by atoms with Gasteiger partial charge in [-0.1, -0.05) is 6.07 Å². The molecule has 4 heteroatoms. The van der Waals surface area contributed by atoms with Gasteiger partial charge in [-0.2, -0.15) is 5.26 Å². The minimum atomic E-state index is 0.0576. The van der Waals surface area contributed by atoms with E-state index in [1.165, 1.54) is 0 Å². The zero-order valence-electron chi connectivity index (χ0n) is 13.6. The van der Waals surface area contributed by atoms with Gasteiger partial charge in [0.1, 0.15) is 6.07 Å². The van der Waals surface area contributed by atoms with E-state index in [1.54, 1.807) is 0 Å². The monoisotopic (exact) mass is 289 g/mol. The van der Waals surface area contributed by atoms with Gasteiger partial charge in [-0.25, -0.2) is 0 Å². The fraction of sp³-hybridized carbons (Fsp3) is 0.588. The molecular formula is C17H27N3O. The molecular weight excluding hydrogens is 262 g/mol. The molecule has 0 aromatic heterocycles. The molecule has 2 N–H and O–H groups in total. The summed E-state index contributed by atoms with van der Waals surface area (Å²) in [6.07, 6.45) is 0.714. The van der Waals surface area contributed by atoms with E-state index >= 15 is 0 Å². The zero-order chi connectivity index (χ0) is 15.9. The van der Waals surface area contributed by atoms with Crippen molar-refractivity contribution in [2.45, 2.75) is 46.2 Å². The third-order valence-corrected chi connectivity index (χ3v) is 3.31. The van der Waals surface area contributed by atoms with Gasteiger partial charge in [0.25, 0.3) is 0 Å². The second kappa shape index (κ2) is 8.02. The lowest BCUT2D eigenvalue weighted by Gasteiger charge is -2.25. The van der Waals surface area contributed by atoms with Gasteiger partial charge in [0.2, 0.25) is 0 Å². The van der Waals surface area contributed by atoms with E-state index in [1.807, 2.05) is 12.1 Å². The highest BCUT2D eigenvalue weighted by Crippen LogP contribution is 2.22. The molecule has 0 atom stereocenters. The number of nitriles is 1. The van der Waals surface area contributed by atoms with Crippen molar-refractivity contribution in [2.75, 3.05) is 24.6 Å². The normalized spacial score (nSPS) is 11.2. The average molecular weight is 289 g/mol. The maximum absolute atomic E-state index is 9.39. The van der Waals surface area contributed by atoms with Crippen molar-refractivity contribution in [1.29, 1.82) is 5.26 Å². The van der Waals surface area contributed by atoms with Crippen LogP contribution in [-0.2, 0) is 6.54 Å². The number of rotatable bonds is 7. The predicted molar refractivity (Wildman–Crippen MR) is 87.3 cm³/mol. The first-order valence-corrected chi connectivity index (χ1v) is 7.55. The van der Waals surface area contributed by atoms with Gasteiger partial charge in [-0.05, 0) is 51.8 Å². The number of nitrogens with one attached hydrogen (secondary N) is 1. The highest BCUT2D eigenvalue weighted by atomic mass is 16.3. The highest BCUT2D eigenvalue weighted by Gasteiger charge is 2.12. The van der Waals surface area contributed by atoms with E-state index in [9.17, 15) is 5.26 Å². The molecule has 0 radical (unpaired) electrons. The zero-order valence-corrected chi connectivity index (χ0v) is 13.6. The average Bonchev–Trinajstić information content (AvgIpc) is 2.45. The lowest BCUT2D eigenvalue weighted by molar-refractivity contribution is 0.289. The van der Waals surface area contributed by atoms with Crippen molar-refractivity contribution in [1.82, 2.24) is 5.32 Å². The fourth-order valence-corrected chi connectivity index (χ4v) is 2.14. The minimum absolute atomic E-state index is 0.0576. The molecule has 0 heterocycles. The fourth-order valence-electron chi connectivity index (χ4n) is 2.14. The summed E-state index contributed by atoms with van der Waals surface area (Å²) < 4.78 is 0. The number of hydrogen-bond donors (Lipinski definition) is 2. The molecule has 1 aromatic carbocycles. The molecule has 0 aliphatic heterocycles. The van der Waals surface area contributed by atoms with Crippen molar-refractivity contribution in [3.63, 3.8) is 0 Å². The number of benzene rings is 1. The van der Waals surface area contributed by atoms with E-state index in [-0.39, 0.29) is 12.1 Å². The molecule has 0 spiro atoms. The maximum Gasteiger partial charge on any atom is 0.101 e. The third kappa shape index (κ3) is 5.74. The van der Waals surface area contributed by atoms with Crippen molar-refractivity contribution in [3.8, 4) is 6.07 Å². The molecule has 1 rings (SSSR count). The van der Waals surface area contributed by atoms with Gasteiger partial charge >= 0.3 is 0 Å². The van der Waals surface area contributed by atoms with Crippen LogP contribution >= 0.6 is 0 Å². The standard InChI is InChI=1S/C17H27N3O/c1-5-20(9-6-10-21)16-8-7-14(11-15(16)12-18)13-19-17(2,3)4/h7-8,11,19,21H,5-6,9-10,13H2,1-4H3.